The maximum Gasteiger partial charge on any atom is 0.303 e. The van der Waals surface area contributed by atoms with E-state index < -0.39 is 5.97 Å². The van der Waals surface area contributed by atoms with Gasteiger partial charge in [0.15, 0.2) is 0 Å². The third-order valence-electron chi connectivity index (χ3n) is 2.64. The van der Waals surface area contributed by atoms with Crippen LogP contribution in [0.5, 0.6) is 0 Å². The standard InChI is InChI=1S/C11H21NO2S/c13-11(14)6-2-1-3-7-12-9-10-5-4-8-15-10/h10,12H,1-9H2,(H,13,14). The fourth-order valence-electron chi connectivity index (χ4n) is 1.77. The van der Waals surface area contributed by atoms with E-state index in [1.54, 1.807) is 0 Å². The Hall–Kier alpha value is -0.220. The molecule has 1 heterocycles. The highest BCUT2D eigenvalue weighted by molar-refractivity contribution is 8.00. The third kappa shape index (κ3) is 6.79. The fraction of sp³-hybridized carbons (Fsp3) is 0.909. The zero-order valence-electron chi connectivity index (χ0n) is 9.21. The molecule has 0 aromatic carbocycles. The van der Waals surface area contributed by atoms with Gasteiger partial charge in [-0.05, 0) is 38.0 Å². The molecule has 1 aliphatic rings. The second-order valence-corrected chi connectivity index (χ2v) is 5.45. The summed E-state index contributed by atoms with van der Waals surface area (Å²) in [5.41, 5.74) is 0. The molecule has 1 aliphatic heterocycles. The molecule has 1 rings (SSSR count). The minimum absolute atomic E-state index is 0.318. The van der Waals surface area contributed by atoms with Crippen molar-refractivity contribution >= 4 is 17.7 Å². The van der Waals surface area contributed by atoms with Gasteiger partial charge in [0, 0.05) is 18.2 Å². The van der Waals surface area contributed by atoms with Crippen molar-refractivity contribution in [3.8, 4) is 0 Å². The molecule has 4 heteroatoms. The van der Waals surface area contributed by atoms with Crippen LogP contribution in [0.2, 0.25) is 0 Å². The van der Waals surface area contributed by atoms with Crippen molar-refractivity contribution in [3.63, 3.8) is 0 Å². The predicted molar refractivity (Wildman–Crippen MR) is 64.5 cm³/mol. The summed E-state index contributed by atoms with van der Waals surface area (Å²) in [6, 6.07) is 0. The third-order valence-corrected chi connectivity index (χ3v) is 4.04. The van der Waals surface area contributed by atoms with Crippen molar-refractivity contribution < 1.29 is 9.90 Å². The van der Waals surface area contributed by atoms with Crippen molar-refractivity contribution in [1.29, 1.82) is 0 Å². The summed E-state index contributed by atoms with van der Waals surface area (Å²) < 4.78 is 0. The number of thioether (sulfide) groups is 1. The Balaban J connectivity index is 1.78. The Bertz CT molecular complexity index is 181. The molecular weight excluding hydrogens is 210 g/mol. The van der Waals surface area contributed by atoms with Crippen LogP contribution < -0.4 is 5.32 Å². The maximum atomic E-state index is 10.2. The number of carboxylic acids is 1. The maximum absolute atomic E-state index is 10.2. The average molecular weight is 231 g/mol. The lowest BCUT2D eigenvalue weighted by Crippen LogP contribution is -2.24. The first-order chi connectivity index (χ1) is 7.29. The molecule has 0 aliphatic carbocycles. The van der Waals surface area contributed by atoms with E-state index in [9.17, 15) is 4.79 Å². The van der Waals surface area contributed by atoms with Gasteiger partial charge < -0.3 is 10.4 Å². The highest BCUT2D eigenvalue weighted by Gasteiger charge is 2.14. The Morgan fingerprint density at radius 2 is 2.27 bits per heavy atom. The van der Waals surface area contributed by atoms with Crippen molar-refractivity contribution in [2.45, 2.75) is 43.8 Å². The molecule has 0 radical (unpaired) electrons. The van der Waals surface area contributed by atoms with Crippen molar-refractivity contribution in [1.82, 2.24) is 5.32 Å². The molecule has 0 aromatic heterocycles. The van der Waals surface area contributed by atoms with Crippen LogP contribution in [0.15, 0.2) is 0 Å². The highest BCUT2D eigenvalue weighted by atomic mass is 32.2. The van der Waals surface area contributed by atoms with E-state index in [4.69, 9.17) is 5.11 Å². The first-order valence-corrected chi connectivity index (χ1v) is 6.88. The molecule has 0 saturated carbocycles. The summed E-state index contributed by atoms with van der Waals surface area (Å²) >= 11 is 2.07. The van der Waals surface area contributed by atoms with Gasteiger partial charge in [-0.15, -0.1) is 0 Å². The quantitative estimate of drug-likeness (QED) is 0.628. The average Bonchev–Trinajstić information content (AvgIpc) is 2.68. The molecule has 0 aromatic rings. The molecule has 1 atom stereocenters. The summed E-state index contributed by atoms with van der Waals surface area (Å²) in [6.45, 7) is 2.17. The van der Waals surface area contributed by atoms with Crippen LogP contribution in [0, 0.1) is 0 Å². The first-order valence-electron chi connectivity index (χ1n) is 5.83. The number of aliphatic carboxylic acids is 1. The molecule has 0 amide bonds. The number of hydrogen-bond donors (Lipinski definition) is 2. The van der Waals surface area contributed by atoms with Gasteiger partial charge in [0.2, 0.25) is 0 Å². The molecule has 0 bridgehead atoms. The molecule has 0 spiro atoms. The van der Waals surface area contributed by atoms with Gasteiger partial charge in [-0.2, -0.15) is 11.8 Å². The molecule has 1 fully saturated rings. The molecule has 2 N–H and O–H groups in total. The normalized spacial score (nSPS) is 20.7. The minimum Gasteiger partial charge on any atom is -0.481 e. The largest absolute Gasteiger partial charge is 0.481 e. The van der Waals surface area contributed by atoms with Crippen molar-refractivity contribution in [2.75, 3.05) is 18.8 Å². The number of rotatable bonds is 8. The van der Waals surface area contributed by atoms with E-state index in [0.29, 0.717) is 6.42 Å². The van der Waals surface area contributed by atoms with Gasteiger partial charge in [-0.25, -0.2) is 0 Å². The van der Waals surface area contributed by atoms with Crippen LogP contribution in [0.25, 0.3) is 0 Å². The summed E-state index contributed by atoms with van der Waals surface area (Å²) in [4.78, 5) is 10.2. The Labute approximate surface area is 96.0 Å². The minimum atomic E-state index is -0.676. The molecule has 3 nitrogen and oxygen atoms in total. The zero-order valence-corrected chi connectivity index (χ0v) is 10.0. The number of carboxylic acid groups (broad SMARTS) is 1. The van der Waals surface area contributed by atoms with E-state index in [2.05, 4.69) is 17.1 Å². The van der Waals surface area contributed by atoms with Crippen LogP contribution in [-0.2, 0) is 4.79 Å². The predicted octanol–water partition coefficient (Wildman–Crippen LogP) is 2.12. The van der Waals surface area contributed by atoms with Gasteiger partial charge in [0.25, 0.3) is 0 Å². The van der Waals surface area contributed by atoms with Crippen LogP contribution >= 0.6 is 11.8 Å². The second kappa shape index (κ2) is 7.99. The van der Waals surface area contributed by atoms with Gasteiger partial charge in [0.05, 0.1) is 0 Å². The molecular formula is C11H21NO2S. The number of hydrogen-bond acceptors (Lipinski definition) is 3. The Kier molecular flexibility index (Phi) is 6.85. The lowest BCUT2D eigenvalue weighted by atomic mass is 10.2. The fourth-order valence-corrected chi connectivity index (χ4v) is 3.01. The highest BCUT2D eigenvalue weighted by Crippen LogP contribution is 2.25. The molecule has 88 valence electrons. The topological polar surface area (TPSA) is 49.3 Å². The number of unbranched alkanes of at least 4 members (excludes halogenated alkanes) is 2. The lowest BCUT2D eigenvalue weighted by Gasteiger charge is -2.09. The molecule has 1 saturated heterocycles. The lowest BCUT2D eigenvalue weighted by molar-refractivity contribution is -0.137. The number of carbonyl (C=O) groups is 1. The van der Waals surface area contributed by atoms with E-state index in [1.165, 1.54) is 18.6 Å². The summed E-state index contributed by atoms with van der Waals surface area (Å²) in [5.74, 6) is 0.649. The van der Waals surface area contributed by atoms with Crippen molar-refractivity contribution in [2.24, 2.45) is 0 Å². The summed E-state index contributed by atoms with van der Waals surface area (Å²) in [6.07, 6.45) is 5.99. The van der Waals surface area contributed by atoms with E-state index in [-0.39, 0.29) is 0 Å². The van der Waals surface area contributed by atoms with Gasteiger partial charge in [0.1, 0.15) is 0 Å². The number of nitrogens with one attached hydrogen (secondary N) is 1. The Morgan fingerprint density at radius 3 is 2.93 bits per heavy atom. The summed E-state index contributed by atoms with van der Waals surface area (Å²) in [7, 11) is 0. The van der Waals surface area contributed by atoms with Crippen LogP contribution in [0.4, 0.5) is 0 Å². The van der Waals surface area contributed by atoms with Gasteiger partial charge in [-0.1, -0.05) is 6.42 Å². The van der Waals surface area contributed by atoms with E-state index in [1.807, 2.05) is 0 Å². The van der Waals surface area contributed by atoms with Crippen LogP contribution in [0.3, 0.4) is 0 Å². The Morgan fingerprint density at radius 1 is 1.40 bits per heavy atom. The van der Waals surface area contributed by atoms with E-state index >= 15 is 0 Å². The first kappa shape index (κ1) is 12.8. The molecule has 15 heavy (non-hydrogen) atoms. The van der Waals surface area contributed by atoms with Gasteiger partial charge in [-0.3, -0.25) is 4.79 Å². The van der Waals surface area contributed by atoms with Crippen LogP contribution in [0.1, 0.15) is 38.5 Å². The van der Waals surface area contributed by atoms with Gasteiger partial charge >= 0.3 is 5.97 Å². The second-order valence-electron chi connectivity index (χ2n) is 4.04. The summed E-state index contributed by atoms with van der Waals surface area (Å²) in [5, 5.41) is 12.7. The smallest absolute Gasteiger partial charge is 0.303 e. The zero-order chi connectivity index (χ0) is 10.9. The van der Waals surface area contributed by atoms with E-state index in [0.717, 1.165) is 37.6 Å². The van der Waals surface area contributed by atoms with Crippen LogP contribution in [-0.4, -0.2) is 35.2 Å². The molecule has 1 unspecified atom stereocenters. The van der Waals surface area contributed by atoms with Crippen molar-refractivity contribution in [3.05, 3.63) is 0 Å². The monoisotopic (exact) mass is 231 g/mol. The SMILES string of the molecule is O=C(O)CCCCCNCC1CCCS1.